The number of carbonyl (C=O) groups is 1. The Kier molecular flexibility index (Phi) is 4.45. The highest BCUT2D eigenvalue weighted by molar-refractivity contribution is 9.10. The van der Waals surface area contributed by atoms with Crippen molar-refractivity contribution in [2.45, 2.75) is 19.8 Å². The van der Waals surface area contributed by atoms with E-state index in [1.54, 1.807) is 24.3 Å². The highest BCUT2D eigenvalue weighted by atomic mass is 79.9. The number of nitrogens with two attached hydrogens (primary N) is 1. The lowest BCUT2D eigenvalue weighted by Crippen LogP contribution is -2.10. The number of ether oxygens (including phenoxy) is 1. The Labute approximate surface area is 126 Å². The SMILES string of the molecule is CC(C)c1cc(Br)ccc1Oc1ccc(C(N)=O)cc1. The van der Waals surface area contributed by atoms with Gasteiger partial charge in [0, 0.05) is 10.0 Å². The summed E-state index contributed by atoms with van der Waals surface area (Å²) >= 11 is 3.47. The van der Waals surface area contributed by atoms with Crippen LogP contribution < -0.4 is 10.5 Å². The van der Waals surface area contributed by atoms with Crippen molar-refractivity contribution in [2.24, 2.45) is 5.73 Å². The van der Waals surface area contributed by atoms with Gasteiger partial charge in [-0.05, 0) is 53.9 Å². The minimum Gasteiger partial charge on any atom is -0.457 e. The van der Waals surface area contributed by atoms with E-state index < -0.39 is 5.91 Å². The van der Waals surface area contributed by atoms with Gasteiger partial charge in [-0.3, -0.25) is 4.79 Å². The largest absolute Gasteiger partial charge is 0.457 e. The van der Waals surface area contributed by atoms with Gasteiger partial charge in [0.1, 0.15) is 11.5 Å². The first-order valence-corrected chi connectivity index (χ1v) is 7.14. The lowest BCUT2D eigenvalue weighted by Gasteiger charge is -2.14. The zero-order valence-corrected chi connectivity index (χ0v) is 13.0. The van der Waals surface area contributed by atoms with Crippen LogP contribution in [0.25, 0.3) is 0 Å². The topological polar surface area (TPSA) is 52.3 Å². The third kappa shape index (κ3) is 3.39. The third-order valence-electron chi connectivity index (χ3n) is 2.96. The van der Waals surface area contributed by atoms with Gasteiger partial charge in [0.15, 0.2) is 0 Å². The minimum absolute atomic E-state index is 0.354. The molecule has 1 amide bonds. The highest BCUT2D eigenvalue weighted by Gasteiger charge is 2.10. The van der Waals surface area contributed by atoms with Gasteiger partial charge in [0.05, 0.1) is 0 Å². The lowest BCUT2D eigenvalue weighted by atomic mass is 10.0. The van der Waals surface area contributed by atoms with E-state index >= 15 is 0 Å². The van der Waals surface area contributed by atoms with Gasteiger partial charge in [-0.1, -0.05) is 29.8 Å². The van der Waals surface area contributed by atoms with Gasteiger partial charge in [-0.15, -0.1) is 0 Å². The normalized spacial score (nSPS) is 10.6. The Hall–Kier alpha value is -1.81. The van der Waals surface area contributed by atoms with Crippen molar-refractivity contribution in [1.29, 1.82) is 0 Å². The van der Waals surface area contributed by atoms with Gasteiger partial charge in [0.2, 0.25) is 5.91 Å². The van der Waals surface area contributed by atoms with Crippen LogP contribution in [-0.4, -0.2) is 5.91 Å². The van der Waals surface area contributed by atoms with Gasteiger partial charge in [0.25, 0.3) is 0 Å². The van der Waals surface area contributed by atoms with Crippen LogP contribution in [0.1, 0.15) is 35.7 Å². The molecule has 2 rings (SSSR count). The van der Waals surface area contributed by atoms with Crippen LogP contribution in [0.3, 0.4) is 0 Å². The molecule has 2 aromatic rings. The fourth-order valence-electron chi connectivity index (χ4n) is 1.88. The molecule has 0 bridgehead atoms. The molecule has 4 heteroatoms. The zero-order chi connectivity index (χ0) is 14.7. The molecular weight excluding hydrogens is 318 g/mol. The summed E-state index contributed by atoms with van der Waals surface area (Å²) in [6.45, 7) is 4.23. The van der Waals surface area contributed by atoms with Crippen molar-refractivity contribution in [3.63, 3.8) is 0 Å². The molecule has 0 aromatic heterocycles. The van der Waals surface area contributed by atoms with Gasteiger partial charge in [-0.25, -0.2) is 0 Å². The monoisotopic (exact) mass is 333 g/mol. The Morgan fingerprint density at radius 2 is 1.80 bits per heavy atom. The van der Waals surface area contributed by atoms with Crippen molar-refractivity contribution in [1.82, 2.24) is 0 Å². The van der Waals surface area contributed by atoms with Crippen LogP contribution in [0.5, 0.6) is 11.5 Å². The van der Waals surface area contributed by atoms with Crippen molar-refractivity contribution < 1.29 is 9.53 Å². The molecule has 0 saturated heterocycles. The molecule has 0 heterocycles. The van der Waals surface area contributed by atoms with Crippen molar-refractivity contribution in [3.8, 4) is 11.5 Å². The molecule has 0 radical (unpaired) electrons. The molecule has 2 aromatic carbocycles. The third-order valence-corrected chi connectivity index (χ3v) is 3.45. The maximum atomic E-state index is 11.0. The molecule has 0 aliphatic heterocycles. The molecule has 0 aliphatic carbocycles. The molecule has 104 valence electrons. The maximum Gasteiger partial charge on any atom is 0.248 e. The first-order valence-electron chi connectivity index (χ1n) is 6.34. The Bertz CT molecular complexity index is 621. The van der Waals surface area contributed by atoms with Crippen LogP contribution >= 0.6 is 15.9 Å². The smallest absolute Gasteiger partial charge is 0.248 e. The minimum atomic E-state index is -0.442. The predicted octanol–water partition coefficient (Wildman–Crippen LogP) is 4.46. The quantitative estimate of drug-likeness (QED) is 0.897. The van der Waals surface area contributed by atoms with E-state index in [9.17, 15) is 4.79 Å². The number of halogens is 1. The lowest BCUT2D eigenvalue weighted by molar-refractivity contribution is 0.100. The predicted molar refractivity (Wildman–Crippen MR) is 83.3 cm³/mol. The Morgan fingerprint density at radius 3 is 2.35 bits per heavy atom. The van der Waals surface area contributed by atoms with Crippen molar-refractivity contribution in [2.75, 3.05) is 0 Å². The fourth-order valence-corrected chi connectivity index (χ4v) is 2.26. The summed E-state index contributed by atoms with van der Waals surface area (Å²) in [6.07, 6.45) is 0. The van der Waals surface area contributed by atoms with E-state index in [0.29, 0.717) is 17.2 Å². The highest BCUT2D eigenvalue weighted by Crippen LogP contribution is 2.32. The summed E-state index contributed by atoms with van der Waals surface area (Å²) < 4.78 is 6.91. The van der Waals surface area contributed by atoms with E-state index in [1.807, 2.05) is 12.1 Å². The molecule has 0 aliphatic rings. The van der Waals surface area contributed by atoms with Gasteiger partial charge >= 0.3 is 0 Å². The van der Waals surface area contributed by atoms with Crippen LogP contribution in [0.15, 0.2) is 46.9 Å². The summed E-state index contributed by atoms with van der Waals surface area (Å²) in [7, 11) is 0. The average molecular weight is 334 g/mol. The molecule has 0 atom stereocenters. The first kappa shape index (κ1) is 14.6. The molecule has 0 spiro atoms. The standard InChI is InChI=1S/C16H16BrNO2/c1-10(2)14-9-12(17)5-8-15(14)20-13-6-3-11(4-7-13)16(18)19/h3-10H,1-2H3,(H2,18,19). The molecule has 0 unspecified atom stereocenters. The van der Waals surface area contributed by atoms with Crippen LogP contribution in [-0.2, 0) is 0 Å². The second kappa shape index (κ2) is 6.09. The second-order valence-corrected chi connectivity index (χ2v) is 5.74. The number of primary amides is 1. The number of carbonyl (C=O) groups excluding carboxylic acids is 1. The van der Waals surface area contributed by atoms with Crippen LogP contribution in [0.2, 0.25) is 0 Å². The van der Waals surface area contributed by atoms with Gasteiger partial charge < -0.3 is 10.5 Å². The molecule has 20 heavy (non-hydrogen) atoms. The average Bonchev–Trinajstić information content (AvgIpc) is 2.41. The summed E-state index contributed by atoms with van der Waals surface area (Å²) in [4.78, 5) is 11.0. The van der Waals surface area contributed by atoms with E-state index in [1.165, 1.54) is 0 Å². The van der Waals surface area contributed by atoms with Crippen LogP contribution in [0, 0.1) is 0 Å². The molecule has 0 saturated carbocycles. The number of rotatable bonds is 4. The van der Waals surface area contributed by atoms with Crippen molar-refractivity contribution in [3.05, 3.63) is 58.1 Å². The van der Waals surface area contributed by atoms with Gasteiger partial charge in [-0.2, -0.15) is 0 Å². The van der Waals surface area contributed by atoms with E-state index in [0.717, 1.165) is 15.8 Å². The summed E-state index contributed by atoms with van der Waals surface area (Å²) in [5.41, 5.74) is 6.81. The van der Waals surface area contributed by atoms with E-state index in [-0.39, 0.29) is 0 Å². The number of hydrogen-bond acceptors (Lipinski definition) is 2. The number of hydrogen-bond donors (Lipinski definition) is 1. The molecular formula is C16H16BrNO2. The fraction of sp³-hybridized carbons (Fsp3) is 0.188. The molecule has 0 fully saturated rings. The number of amides is 1. The summed E-state index contributed by atoms with van der Waals surface area (Å²) in [5.74, 6) is 1.41. The first-order chi connectivity index (χ1) is 9.47. The van der Waals surface area contributed by atoms with Crippen molar-refractivity contribution >= 4 is 21.8 Å². The Morgan fingerprint density at radius 1 is 1.15 bits per heavy atom. The Balaban J connectivity index is 2.27. The van der Waals surface area contributed by atoms with E-state index in [2.05, 4.69) is 35.8 Å². The zero-order valence-electron chi connectivity index (χ0n) is 11.4. The maximum absolute atomic E-state index is 11.0. The van der Waals surface area contributed by atoms with Crippen LogP contribution in [0.4, 0.5) is 0 Å². The summed E-state index contributed by atoms with van der Waals surface area (Å²) in [6, 6.07) is 12.7. The van der Waals surface area contributed by atoms with E-state index in [4.69, 9.17) is 10.5 Å². The molecule has 2 N–H and O–H groups in total. The second-order valence-electron chi connectivity index (χ2n) is 4.83. The molecule has 3 nitrogen and oxygen atoms in total. The summed E-state index contributed by atoms with van der Waals surface area (Å²) in [5, 5.41) is 0. The number of benzene rings is 2.